The second kappa shape index (κ2) is 9.50. The highest BCUT2D eigenvalue weighted by Gasteiger charge is 2.32. The van der Waals surface area contributed by atoms with E-state index in [1.54, 1.807) is 19.1 Å². The molecule has 2 aromatic carbocycles. The third-order valence-electron chi connectivity index (χ3n) is 4.67. The number of rotatable bonds is 8. The minimum absolute atomic E-state index is 0.216. The van der Waals surface area contributed by atoms with Crippen molar-refractivity contribution in [2.75, 3.05) is 17.7 Å². The van der Waals surface area contributed by atoms with Crippen molar-refractivity contribution in [1.82, 2.24) is 5.32 Å². The normalized spacial score (nSPS) is 13.4. The maximum absolute atomic E-state index is 13.0. The summed E-state index contributed by atoms with van der Waals surface area (Å²) in [5.74, 6) is -0.102. The second-order valence-electron chi connectivity index (χ2n) is 6.93. The van der Waals surface area contributed by atoms with Crippen molar-refractivity contribution >= 4 is 33.2 Å². The molecule has 8 heteroatoms. The summed E-state index contributed by atoms with van der Waals surface area (Å²) in [5, 5.41) is 3.30. The van der Waals surface area contributed by atoms with Crippen LogP contribution in [0, 0.1) is 6.92 Å². The first kappa shape index (κ1) is 23.0. The van der Waals surface area contributed by atoms with Crippen molar-refractivity contribution in [1.29, 1.82) is 0 Å². The molecule has 0 aliphatic heterocycles. The first-order chi connectivity index (χ1) is 13.6. The van der Waals surface area contributed by atoms with Gasteiger partial charge in [0, 0.05) is 5.02 Å². The number of nitrogens with zero attached hydrogens (tertiary/aromatic N) is 1. The van der Waals surface area contributed by atoms with Gasteiger partial charge in [0.25, 0.3) is 0 Å². The van der Waals surface area contributed by atoms with E-state index in [0.717, 1.165) is 21.7 Å². The Balaban J connectivity index is 2.36. The average molecular weight is 439 g/mol. The molecule has 0 radical (unpaired) electrons. The third kappa shape index (κ3) is 5.64. The molecule has 1 N–H and O–H groups in total. The lowest BCUT2D eigenvalue weighted by Crippen LogP contribution is -2.48. The van der Waals surface area contributed by atoms with Crippen LogP contribution in [-0.2, 0) is 14.8 Å². The van der Waals surface area contributed by atoms with Gasteiger partial charge in [0.15, 0.2) is 0 Å². The molecule has 0 spiro atoms. The van der Waals surface area contributed by atoms with Crippen molar-refractivity contribution in [2.45, 2.75) is 39.3 Å². The first-order valence-electron chi connectivity index (χ1n) is 9.28. The molecule has 2 atom stereocenters. The zero-order chi connectivity index (χ0) is 21.8. The molecule has 6 nitrogen and oxygen atoms in total. The van der Waals surface area contributed by atoms with E-state index in [-0.39, 0.29) is 11.7 Å². The third-order valence-corrected chi connectivity index (χ3v) is 6.13. The number of anilines is 1. The number of methoxy groups -OCH3 is 1. The monoisotopic (exact) mass is 438 g/mol. The topological polar surface area (TPSA) is 75.7 Å². The number of hydrogen-bond acceptors (Lipinski definition) is 4. The van der Waals surface area contributed by atoms with Gasteiger partial charge in [0.1, 0.15) is 11.8 Å². The SMILES string of the molecule is CCC(NC(=O)C(C)N(c1cc(Cl)ccc1OC)S(C)(=O)=O)c1ccc(C)cc1. The van der Waals surface area contributed by atoms with Crippen LogP contribution in [0.3, 0.4) is 0 Å². The van der Waals surface area contributed by atoms with Crippen LogP contribution in [0.5, 0.6) is 5.75 Å². The number of carbonyl (C=O) groups is 1. The molecule has 0 aromatic heterocycles. The maximum atomic E-state index is 13.0. The van der Waals surface area contributed by atoms with Crippen LogP contribution in [0.1, 0.15) is 37.4 Å². The van der Waals surface area contributed by atoms with Crippen LogP contribution < -0.4 is 14.4 Å². The van der Waals surface area contributed by atoms with Crippen molar-refractivity contribution < 1.29 is 17.9 Å². The van der Waals surface area contributed by atoms with Gasteiger partial charge in [-0.15, -0.1) is 0 Å². The van der Waals surface area contributed by atoms with Gasteiger partial charge in [0.05, 0.1) is 25.1 Å². The number of aryl methyl sites for hydroxylation is 1. The number of benzene rings is 2. The molecule has 0 aliphatic carbocycles. The van der Waals surface area contributed by atoms with E-state index in [0.29, 0.717) is 17.2 Å². The van der Waals surface area contributed by atoms with Crippen LogP contribution >= 0.6 is 11.6 Å². The Morgan fingerprint density at radius 2 is 1.83 bits per heavy atom. The highest BCUT2D eigenvalue weighted by atomic mass is 35.5. The number of sulfonamides is 1. The molecule has 0 fully saturated rings. The summed E-state index contributed by atoms with van der Waals surface area (Å²) in [5.41, 5.74) is 2.30. The molecule has 0 saturated carbocycles. The first-order valence-corrected chi connectivity index (χ1v) is 11.5. The molecule has 2 aromatic rings. The molecule has 158 valence electrons. The summed E-state index contributed by atoms with van der Waals surface area (Å²) in [6.07, 6.45) is 1.72. The Labute approximate surface area is 177 Å². The smallest absolute Gasteiger partial charge is 0.244 e. The van der Waals surface area contributed by atoms with Crippen LogP contribution in [0.2, 0.25) is 5.02 Å². The fraction of sp³-hybridized carbons (Fsp3) is 0.381. The van der Waals surface area contributed by atoms with Crippen molar-refractivity contribution in [3.8, 4) is 5.75 Å². The Bertz CT molecular complexity index is 961. The van der Waals surface area contributed by atoms with E-state index in [1.807, 2.05) is 38.1 Å². The van der Waals surface area contributed by atoms with E-state index < -0.39 is 22.0 Å². The van der Waals surface area contributed by atoms with Gasteiger partial charge in [-0.1, -0.05) is 48.4 Å². The summed E-state index contributed by atoms with van der Waals surface area (Å²) < 4.78 is 31.5. The fourth-order valence-corrected chi connectivity index (χ4v) is 4.47. The van der Waals surface area contributed by atoms with E-state index in [1.165, 1.54) is 13.2 Å². The van der Waals surface area contributed by atoms with Crippen LogP contribution in [0.15, 0.2) is 42.5 Å². The number of hydrogen-bond donors (Lipinski definition) is 1. The standard InChI is InChI=1S/C21H27ClN2O4S/c1-6-18(16-9-7-14(2)8-10-16)23-21(25)15(3)24(29(5,26)27)19-13-17(22)11-12-20(19)28-4/h7-13,15,18H,6H2,1-5H3,(H,23,25). The molecule has 0 aliphatic rings. The second-order valence-corrected chi connectivity index (χ2v) is 9.23. The molecule has 2 unspecified atom stereocenters. The minimum Gasteiger partial charge on any atom is -0.495 e. The number of nitrogens with one attached hydrogen (secondary N) is 1. The predicted molar refractivity (Wildman–Crippen MR) is 117 cm³/mol. The van der Waals surface area contributed by atoms with Crippen LogP contribution in [0.25, 0.3) is 0 Å². The Kier molecular flexibility index (Phi) is 7.54. The Hall–Kier alpha value is -2.25. The van der Waals surface area contributed by atoms with Gasteiger partial charge in [-0.25, -0.2) is 8.42 Å². The Morgan fingerprint density at radius 3 is 2.34 bits per heavy atom. The quantitative estimate of drug-likeness (QED) is 0.673. The summed E-state index contributed by atoms with van der Waals surface area (Å²) in [4.78, 5) is 13.0. The van der Waals surface area contributed by atoms with E-state index in [2.05, 4.69) is 5.32 Å². The molecule has 0 heterocycles. The van der Waals surface area contributed by atoms with Crippen LogP contribution in [-0.4, -0.2) is 33.7 Å². The Morgan fingerprint density at radius 1 is 1.21 bits per heavy atom. The van der Waals surface area contributed by atoms with Gasteiger partial charge < -0.3 is 10.1 Å². The lowest BCUT2D eigenvalue weighted by Gasteiger charge is -2.30. The van der Waals surface area contributed by atoms with E-state index in [4.69, 9.17) is 16.3 Å². The van der Waals surface area contributed by atoms with Gasteiger partial charge in [0.2, 0.25) is 15.9 Å². The molecule has 2 rings (SSSR count). The van der Waals surface area contributed by atoms with Gasteiger partial charge in [-0.3, -0.25) is 9.10 Å². The summed E-state index contributed by atoms with van der Waals surface area (Å²) in [7, 11) is -2.36. The summed E-state index contributed by atoms with van der Waals surface area (Å²) >= 11 is 6.07. The van der Waals surface area contributed by atoms with Gasteiger partial charge >= 0.3 is 0 Å². The molecule has 0 bridgehead atoms. The fourth-order valence-electron chi connectivity index (χ4n) is 3.13. The van der Waals surface area contributed by atoms with Gasteiger partial charge in [-0.2, -0.15) is 0 Å². The zero-order valence-electron chi connectivity index (χ0n) is 17.3. The number of halogens is 1. The lowest BCUT2D eigenvalue weighted by atomic mass is 10.0. The van der Waals surface area contributed by atoms with E-state index in [9.17, 15) is 13.2 Å². The van der Waals surface area contributed by atoms with Crippen molar-refractivity contribution in [3.05, 3.63) is 58.6 Å². The maximum Gasteiger partial charge on any atom is 0.244 e. The number of amides is 1. The van der Waals surface area contributed by atoms with Crippen molar-refractivity contribution in [3.63, 3.8) is 0 Å². The zero-order valence-corrected chi connectivity index (χ0v) is 18.8. The summed E-state index contributed by atoms with van der Waals surface area (Å²) in [6, 6.07) is 11.3. The highest BCUT2D eigenvalue weighted by molar-refractivity contribution is 7.92. The number of carbonyl (C=O) groups excluding carboxylic acids is 1. The molecular formula is C21H27ClN2O4S. The minimum atomic E-state index is -3.79. The van der Waals surface area contributed by atoms with Gasteiger partial charge in [-0.05, 0) is 44.0 Å². The number of ether oxygens (including phenoxy) is 1. The lowest BCUT2D eigenvalue weighted by molar-refractivity contribution is -0.122. The van der Waals surface area contributed by atoms with Crippen molar-refractivity contribution in [2.24, 2.45) is 0 Å². The molecule has 1 amide bonds. The highest BCUT2D eigenvalue weighted by Crippen LogP contribution is 2.34. The average Bonchev–Trinajstić information content (AvgIpc) is 2.66. The van der Waals surface area contributed by atoms with E-state index >= 15 is 0 Å². The molecular weight excluding hydrogens is 412 g/mol. The molecule has 29 heavy (non-hydrogen) atoms. The summed E-state index contributed by atoms with van der Waals surface area (Å²) in [6.45, 7) is 5.50. The van der Waals surface area contributed by atoms with Crippen LogP contribution in [0.4, 0.5) is 5.69 Å². The molecule has 0 saturated heterocycles. The predicted octanol–water partition coefficient (Wildman–Crippen LogP) is 4.08. The largest absolute Gasteiger partial charge is 0.495 e.